The number of likely N-dealkylation sites (tertiary alicyclic amines) is 1. The molecule has 2 aromatic carbocycles. The zero-order chi connectivity index (χ0) is 27.2. The number of nitrogens with zero attached hydrogens (tertiary/aromatic N) is 4. The van der Waals surface area contributed by atoms with Crippen LogP contribution in [0.25, 0.3) is 16.9 Å². The van der Waals surface area contributed by atoms with Crippen molar-refractivity contribution in [3.8, 4) is 5.69 Å². The van der Waals surface area contributed by atoms with Crippen molar-refractivity contribution >= 4 is 23.2 Å². The molecule has 4 aromatic rings. The minimum absolute atomic E-state index is 0.219. The predicted molar refractivity (Wildman–Crippen MR) is 147 cm³/mol. The number of hydrogen-bond acceptors (Lipinski definition) is 7. The molecule has 1 aliphatic heterocycles. The summed E-state index contributed by atoms with van der Waals surface area (Å²) < 4.78 is 12.8. The number of esters is 1. The molecule has 1 aliphatic rings. The van der Waals surface area contributed by atoms with E-state index in [1.165, 1.54) is 0 Å². The third-order valence-electron chi connectivity index (χ3n) is 6.92. The molecule has 39 heavy (non-hydrogen) atoms. The maximum Gasteiger partial charge on any atom is 0.410 e. The molecule has 0 bridgehead atoms. The molecule has 3 heterocycles. The van der Waals surface area contributed by atoms with Crippen molar-refractivity contribution in [2.24, 2.45) is 5.73 Å². The summed E-state index contributed by atoms with van der Waals surface area (Å²) in [5, 5.41) is 0. The monoisotopic (exact) mass is 527 g/mol. The molecule has 2 atom stereocenters. The fourth-order valence-electron chi connectivity index (χ4n) is 5.00. The number of amides is 1. The van der Waals surface area contributed by atoms with E-state index in [2.05, 4.69) is 4.98 Å². The summed E-state index contributed by atoms with van der Waals surface area (Å²) in [7, 11) is 0. The van der Waals surface area contributed by atoms with Crippen LogP contribution in [0.5, 0.6) is 0 Å². The molecule has 0 spiro atoms. The predicted octanol–water partition coefficient (Wildman–Crippen LogP) is 4.72. The highest BCUT2D eigenvalue weighted by Gasteiger charge is 2.33. The van der Waals surface area contributed by atoms with Crippen LogP contribution < -0.4 is 5.73 Å². The van der Waals surface area contributed by atoms with E-state index < -0.39 is 12.0 Å². The lowest BCUT2D eigenvalue weighted by Crippen LogP contribution is -2.40. The molecular weight excluding hydrogens is 494 g/mol. The Bertz CT molecular complexity index is 1420. The number of rotatable bonds is 8. The highest BCUT2D eigenvalue weighted by Crippen LogP contribution is 2.34. The topological polar surface area (TPSA) is 113 Å². The van der Waals surface area contributed by atoms with Crippen LogP contribution in [-0.4, -0.2) is 50.7 Å². The number of piperidine rings is 1. The number of hydrogen-bond donors (Lipinski definition) is 1. The lowest BCUT2D eigenvalue weighted by molar-refractivity contribution is -0.144. The summed E-state index contributed by atoms with van der Waals surface area (Å²) in [6.07, 6.45) is 4.43. The largest absolute Gasteiger partial charge is 0.465 e. The van der Waals surface area contributed by atoms with E-state index in [9.17, 15) is 9.59 Å². The van der Waals surface area contributed by atoms with Crippen LogP contribution in [0.15, 0.2) is 72.9 Å². The Morgan fingerprint density at radius 1 is 1.00 bits per heavy atom. The van der Waals surface area contributed by atoms with Crippen molar-refractivity contribution in [3.63, 3.8) is 0 Å². The molecule has 1 amide bonds. The van der Waals surface area contributed by atoms with E-state index in [1.807, 2.05) is 71.3 Å². The summed E-state index contributed by atoms with van der Waals surface area (Å²) >= 11 is 0. The van der Waals surface area contributed by atoms with Crippen molar-refractivity contribution in [2.45, 2.75) is 51.3 Å². The number of ether oxygens (including phenoxy) is 2. The Balaban J connectivity index is 1.43. The summed E-state index contributed by atoms with van der Waals surface area (Å²) in [4.78, 5) is 36.6. The highest BCUT2D eigenvalue weighted by atomic mass is 16.6. The fraction of sp³-hybridized carbons (Fsp3) is 0.333. The van der Waals surface area contributed by atoms with E-state index in [0.29, 0.717) is 25.2 Å². The van der Waals surface area contributed by atoms with Gasteiger partial charge in [0, 0.05) is 18.4 Å². The average Bonchev–Trinajstić information content (AvgIpc) is 3.36. The number of pyridine rings is 1. The molecule has 2 aromatic heterocycles. The van der Waals surface area contributed by atoms with Gasteiger partial charge in [-0.3, -0.25) is 14.3 Å². The Labute approximate surface area is 227 Å². The van der Waals surface area contributed by atoms with Gasteiger partial charge < -0.3 is 15.2 Å². The van der Waals surface area contributed by atoms with Crippen molar-refractivity contribution in [2.75, 3.05) is 13.2 Å². The van der Waals surface area contributed by atoms with Crippen molar-refractivity contribution < 1.29 is 19.1 Å². The van der Waals surface area contributed by atoms with Gasteiger partial charge in [0.25, 0.3) is 0 Å². The van der Waals surface area contributed by atoms with Gasteiger partial charge in [0.2, 0.25) is 0 Å². The minimum atomic E-state index is -0.722. The van der Waals surface area contributed by atoms with Gasteiger partial charge in [-0.05, 0) is 68.0 Å². The van der Waals surface area contributed by atoms with Gasteiger partial charge >= 0.3 is 12.1 Å². The van der Waals surface area contributed by atoms with Crippen molar-refractivity contribution in [1.29, 1.82) is 0 Å². The average molecular weight is 528 g/mol. The normalized spacial score (nSPS) is 16.2. The third kappa shape index (κ3) is 5.93. The van der Waals surface area contributed by atoms with Gasteiger partial charge in [0.15, 0.2) is 5.65 Å². The van der Waals surface area contributed by atoms with Crippen molar-refractivity contribution in [3.05, 3.63) is 89.9 Å². The molecule has 1 fully saturated rings. The summed E-state index contributed by atoms with van der Waals surface area (Å²) in [6.45, 7) is 2.87. The Morgan fingerprint density at radius 2 is 1.79 bits per heavy atom. The molecule has 202 valence electrons. The number of aromatic nitrogens is 3. The van der Waals surface area contributed by atoms with Gasteiger partial charge in [0.05, 0.1) is 12.6 Å². The quantitative estimate of drug-likeness (QED) is 0.330. The second kappa shape index (κ2) is 12.1. The first-order valence-electron chi connectivity index (χ1n) is 13.4. The lowest BCUT2D eigenvalue weighted by Gasteiger charge is -2.34. The maximum atomic E-state index is 13.3. The van der Waals surface area contributed by atoms with E-state index in [-0.39, 0.29) is 18.7 Å². The standard InChI is InChI=1S/C30H33N5O4/c1-2-38-29(36)24(31)19-21-13-15-23(16-14-21)35-27-25(11-8-17-32-27)33-28(35)26-12-6-7-18-34(26)30(37)39-20-22-9-4-3-5-10-22/h3-5,8-11,13-17,24,26H,2,6-7,12,18-20,31H2,1H3/t24-,26-/m0/s1. The van der Waals surface area contributed by atoms with E-state index in [0.717, 1.165) is 47.4 Å². The molecule has 0 aliphatic carbocycles. The number of benzene rings is 2. The zero-order valence-corrected chi connectivity index (χ0v) is 22.0. The van der Waals surface area contributed by atoms with Gasteiger partial charge in [-0.1, -0.05) is 42.5 Å². The molecule has 1 saturated heterocycles. The molecule has 0 radical (unpaired) electrons. The maximum absolute atomic E-state index is 13.3. The van der Waals surface area contributed by atoms with Crippen LogP contribution >= 0.6 is 0 Å². The Kier molecular flexibility index (Phi) is 8.17. The molecule has 5 rings (SSSR count). The Morgan fingerprint density at radius 3 is 2.56 bits per heavy atom. The van der Waals surface area contributed by atoms with Crippen LogP contribution in [0.2, 0.25) is 0 Å². The van der Waals surface area contributed by atoms with Gasteiger partial charge in [-0.2, -0.15) is 0 Å². The first-order valence-corrected chi connectivity index (χ1v) is 13.4. The van der Waals surface area contributed by atoms with Crippen LogP contribution in [0, 0.1) is 0 Å². The zero-order valence-electron chi connectivity index (χ0n) is 22.0. The lowest BCUT2D eigenvalue weighted by atomic mass is 10.0. The van der Waals surface area contributed by atoms with E-state index in [4.69, 9.17) is 20.2 Å². The first-order chi connectivity index (χ1) is 19.0. The molecular formula is C30H33N5O4. The number of fused-ring (bicyclic) bond motifs is 1. The first kappa shape index (κ1) is 26.4. The van der Waals surface area contributed by atoms with Crippen LogP contribution in [0.4, 0.5) is 4.79 Å². The van der Waals surface area contributed by atoms with E-state index in [1.54, 1.807) is 18.0 Å². The van der Waals surface area contributed by atoms with Crippen LogP contribution in [0.1, 0.15) is 49.2 Å². The van der Waals surface area contributed by atoms with Crippen LogP contribution in [-0.2, 0) is 27.3 Å². The summed E-state index contributed by atoms with van der Waals surface area (Å²) in [5.41, 5.74) is 10.2. The number of imidazole rings is 1. The SMILES string of the molecule is CCOC(=O)[C@@H](N)Cc1ccc(-n2c([C@@H]3CCCCN3C(=O)OCc3ccccc3)nc3cccnc32)cc1. The second-order valence-corrected chi connectivity index (χ2v) is 9.63. The highest BCUT2D eigenvalue weighted by molar-refractivity contribution is 5.76. The second-order valence-electron chi connectivity index (χ2n) is 9.63. The molecule has 9 heteroatoms. The molecule has 9 nitrogen and oxygen atoms in total. The molecule has 2 N–H and O–H groups in total. The minimum Gasteiger partial charge on any atom is -0.465 e. The van der Waals surface area contributed by atoms with Crippen LogP contribution in [0.3, 0.4) is 0 Å². The summed E-state index contributed by atoms with van der Waals surface area (Å²) in [6, 6.07) is 20.3. The molecule has 0 saturated carbocycles. The van der Waals surface area contributed by atoms with Gasteiger partial charge in [0.1, 0.15) is 24.0 Å². The summed E-state index contributed by atoms with van der Waals surface area (Å²) in [5.74, 6) is 0.334. The number of carbonyl (C=O) groups excluding carboxylic acids is 2. The smallest absolute Gasteiger partial charge is 0.410 e. The third-order valence-corrected chi connectivity index (χ3v) is 6.92. The van der Waals surface area contributed by atoms with E-state index >= 15 is 0 Å². The van der Waals surface area contributed by atoms with Crippen molar-refractivity contribution in [1.82, 2.24) is 19.4 Å². The number of carbonyl (C=O) groups is 2. The number of nitrogens with two attached hydrogens (primary N) is 1. The van der Waals surface area contributed by atoms with Gasteiger partial charge in [-0.25, -0.2) is 14.8 Å². The Hall–Kier alpha value is -4.24. The fourth-order valence-corrected chi connectivity index (χ4v) is 5.00. The van der Waals surface area contributed by atoms with Gasteiger partial charge in [-0.15, -0.1) is 0 Å². The molecule has 0 unspecified atom stereocenters.